The molecule has 4 rings (SSSR count). The van der Waals surface area contributed by atoms with Gasteiger partial charge in [-0.2, -0.15) is 0 Å². The maximum atomic E-state index is 13.0. The van der Waals surface area contributed by atoms with Crippen LogP contribution in [0.15, 0.2) is 40.6 Å². The smallest absolute Gasteiger partial charge is 0.260 e. The third kappa shape index (κ3) is 3.52. The van der Waals surface area contributed by atoms with Crippen molar-refractivity contribution < 1.29 is 4.79 Å². The lowest BCUT2D eigenvalue weighted by Crippen LogP contribution is -2.47. The van der Waals surface area contributed by atoms with Gasteiger partial charge >= 0.3 is 0 Å². The van der Waals surface area contributed by atoms with Crippen molar-refractivity contribution in [3.05, 3.63) is 62.3 Å². The van der Waals surface area contributed by atoms with E-state index in [0.717, 1.165) is 18.0 Å². The van der Waals surface area contributed by atoms with Crippen LogP contribution in [0.5, 0.6) is 0 Å². The zero-order valence-corrected chi connectivity index (χ0v) is 16.3. The van der Waals surface area contributed by atoms with E-state index in [1.165, 1.54) is 0 Å². The normalized spacial score (nSPS) is 15.4. The summed E-state index contributed by atoms with van der Waals surface area (Å²) in [5.41, 5.74) is 1.72. The van der Waals surface area contributed by atoms with E-state index in [9.17, 15) is 9.59 Å². The Bertz CT molecular complexity index is 1030. The molecular weight excluding hydrogens is 360 g/mol. The summed E-state index contributed by atoms with van der Waals surface area (Å²) >= 11 is 1.62. The van der Waals surface area contributed by atoms with Gasteiger partial charge in [-0.1, -0.05) is 6.07 Å². The molecule has 0 spiro atoms. The molecule has 1 fully saturated rings. The number of carbonyl (C=O) groups excluding carboxylic acids is 1. The first kappa shape index (κ1) is 17.9. The van der Waals surface area contributed by atoms with Crippen molar-refractivity contribution in [2.75, 3.05) is 33.2 Å². The highest BCUT2D eigenvalue weighted by atomic mass is 32.1. The van der Waals surface area contributed by atoms with Gasteiger partial charge in [0.05, 0.1) is 28.7 Å². The number of aryl methyl sites for hydroxylation is 1. The number of fused-ring (bicyclic) bond motifs is 1. The van der Waals surface area contributed by atoms with Gasteiger partial charge in [0.2, 0.25) is 0 Å². The van der Waals surface area contributed by atoms with Crippen LogP contribution < -0.4 is 5.56 Å². The molecule has 0 bridgehead atoms. The molecule has 1 aliphatic heterocycles. The molecule has 7 heteroatoms. The van der Waals surface area contributed by atoms with Crippen LogP contribution in [0.1, 0.15) is 20.9 Å². The Morgan fingerprint density at radius 2 is 2.00 bits per heavy atom. The highest BCUT2D eigenvalue weighted by molar-refractivity contribution is 7.09. The highest BCUT2D eigenvalue weighted by Gasteiger charge is 2.23. The zero-order valence-electron chi connectivity index (χ0n) is 15.5. The van der Waals surface area contributed by atoms with Crippen molar-refractivity contribution in [2.45, 2.75) is 13.5 Å². The minimum atomic E-state index is -0.110. The fourth-order valence-corrected chi connectivity index (χ4v) is 4.10. The molecule has 3 aromatic rings. The van der Waals surface area contributed by atoms with E-state index in [-0.39, 0.29) is 11.5 Å². The molecule has 0 aliphatic carbocycles. The third-order valence-electron chi connectivity index (χ3n) is 5.07. The van der Waals surface area contributed by atoms with Gasteiger partial charge in [-0.05, 0) is 37.6 Å². The number of likely N-dealkylation sites (N-methyl/N-ethyl adjacent to an activating group) is 1. The number of pyridine rings is 2. The summed E-state index contributed by atoms with van der Waals surface area (Å²) < 4.78 is 1.68. The average Bonchev–Trinajstić information content (AvgIpc) is 3.17. The van der Waals surface area contributed by atoms with E-state index in [2.05, 4.69) is 16.9 Å². The van der Waals surface area contributed by atoms with Crippen molar-refractivity contribution in [3.63, 3.8) is 0 Å². The Labute approximate surface area is 161 Å². The van der Waals surface area contributed by atoms with Crippen molar-refractivity contribution in [1.29, 1.82) is 0 Å². The first-order valence-electron chi connectivity index (χ1n) is 9.04. The molecule has 3 aromatic heterocycles. The summed E-state index contributed by atoms with van der Waals surface area (Å²) in [5.74, 6) is -0.0388. The lowest BCUT2D eigenvalue weighted by molar-refractivity contribution is 0.0663. The maximum Gasteiger partial charge on any atom is 0.260 e. The number of aromatic nitrogens is 2. The number of carbonyl (C=O) groups is 1. The molecule has 0 N–H and O–H groups in total. The van der Waals surface area contributed by atoms with Gasteiger partial charge in [0.1, 0.15) is 0 Å². The number of piperazine rings is 1. The zero-order chi connectivity index (χ0) is 19.0. The minimum Gasteiger partial charge on any atom is -0.336 e. The van der Waals surface area contributed by atoms with E-state index in [1.807, 2.05) is 35.4 Å². The molecule has 0 unspecified atom stereocenters. The molecule has 27 heavy (non-hydrogen) atoms. The number of hydrogen-bond acceptors (Lipinski definition) is 5. The van der Waals surface area contributed by atoms with Crippen molar-refractivity contribution in [1.82, 2.24) is 19.4 Å². The van der Waals surface area contributed by atoms with Crippen LogP contribution in [0.2, 0.25) is 0 Å². The molecule has 0 saturated carbocycles. The van der Waals surface area contributed by atoms with Crippen LogP contribution in [-0.2, 0) is 6.54 Å². The molecular formula is C20H22N4O2S. The standard InChI is InChI=1S/C20H22N4O2S/c1-14-16(19(25)23-9-7-22(2)8-10-23)12-17-18(21-14)5-6-24(20(17)26)13-15-4-3-11-27-15/h3-6,11-12H,7-10,13H2,1-2H3. The third-order valence-corrected chi connectivity index (χ3v) is 5.93. The molecule has 0 radical (unpaired) electrons. The Kier molecular flexibility index (Phi) is 4.80. The Hall–Kier alpha value is -2.51. The number of hydrogen-bond donors (Lipinski definition) is 0. The number of thiophene rings is 1. The topological polar surface area (TPSA) is 58.4 Å². The Morgan fingerprint density at radius 3 is 2.70 bits per heavy atom. The van der Waals surface area contributed by atoms with Crippen LogP contribution in [0, 0.1) is 6.92 Å². The van der Waals surface area contributed by atoms with Crippen LogP contribution in [0.4, 0.5) is 0 Å². The van der Waals surface area contributed by atoms with Crippen molar-refractivity contribution >= 4 is 28.1 Å². The molecule has 1 aliphatic rings. The van der Waals surface area contributed by atoms with E-state index in [4.69, 9.17) is 0 Å². The first-order valence-corrected chi connectivity index (χ1v) is 9.92. The molecule has 1 amide bonds. The maximum absolute atomic E-state index is 13.0. The monoisotopic (exact) mass is 382 g/mol. The molecule has 0 atom stereocenters. The minimum absolute atomic E-state index is 0.0388. The number of rotatable bonds is 3. The van der Waals surface area contributed by atoms with Crippen LogP contribution in [-0.4, -0.2) is 58.5 Å². The van der Waals surface area contributed by atoms with Crippen LogP contribution >= 0.6 is 11.3 Å². The largest absolute Gasteiger partial charge is 0.336 e. The van der Waals surface area contributed by atoms with Gasteiger partial charge in [-0.25, -0.2) is 0 Å². The van der Waals surface area contributed by atoms with E-state index in [0.29, 0.717) is 41.8 Å². The summed E-state index contributed by atoms with van der Waals surface area (Å²) in [6.45, 7) is 5.48. The van der Waals surface area contributed by atoms with Crippen molar-refractivity contribution in [2.24, 2.45) is 0 Å². The molecule has 0 aromatic carbocycles. The second kappa shape index (κ2) is 7.25. The second-order valence-electron chi connectivity index (χ2n) is 6.98. The van der Waals surface area contributed by atoms with Gasteiger partial charge in [0, 0.05) is 37.3 Å². The predicted molar refractivity (Wildman–Crippen MR) is 108 cm³/mol. The van der Waals surface area contributed by atoms with Gasteiger partial charge in [0.15, 0.2) is 0 Å². The Balaban J connectivity index is 1.71. The number of nitrogens with zero attached hydrogens (tertiary/aromatic N) is 4. The van der Waals surface area contributed by atoms with Crippen LogP contribution in [0.25, 0.3) is 10.9 Å². The molecule has 140 valence electrons. The van der Waals surface area contributed by atoms with Gasteiger partial charge < -0.3 is 14.4 Å². The average molecular weight is 382 g/mol. The fourth-order valence-electron chi connectivity index (χ4n) is 3.40. The van der Waals surface area contributed by atoms with E-state index >= 15 is 0 Å². The second-order valence-corrected chi connectivity index (χ2v) is 8.01. The summed E-state index contributed by atoms with van der Waals surface area (Å²) in [7, 11) is 2.06. The lowest BCUT2D eigenvalue weighted by Gasteiger charge is -2.32. The molecule has 4 heterocycles. The lowest BCUT2D eigenvalue weighted by atomic mass is 10.1. The molecule has 1 saturated heterocycles. The number of amides is 1. The summed E-state index contributed by atoms with van der Waals surface area (Å²) in [4.78, 5) is 35.6. The predicted octanol–water partition coefficient (Wildman–Crippen LogP) is 2.20. The van der Waals surface area contributed by atoms with Gasteiger partial charge in [-0.15, -0.1) is 11.3 Å². The quantitative estimate of drug-likeness (QED) is 0.697. The highest BCUT2D eigenvalue weighted by Crippen LogP contribution is 2.17. The fraction of sp³-hybridized carbons (Fsp3) is 0.350. The first-order chi connectivity index (χ1) is 13.0. The Morgan fingerprint density at radius 1 is 1.22 bits per heavy atom. The molecule has 6 nitrogen and oxygen atoms in total. The summed E-state index contributed by atoms with van der Waals surface area (Å²) in [6, 6.07) is 7.56. The van der Waals surface area contributed by atoms with Crippen LogP contribution in [0.3, 0.4) is 0 Å². The van der Waals surface area contributed by atoms with Crippen molar-refractivity contribution in [3.8, 4) is 0 Å². The summed E-state index contributed by atoms with van der Waals surface area (Å²) in [6.07, 6.45) is 1.78. The summed E-state index contributed by atoms with van der Waals surface area (Å²) in [5, 5.41) is 2.50. The van der Waals surface area contributed by atoms with E-state index < -0.39 is 0 Å². The van der Waals surface area contributed by atoms with E-state index in [1.54, 1.807) is 28.2 Å². The van der Waals surface area contributed by atoms with Gasteiger partial charge in [-0.3, -0.25) is 14.6 Å². The van der Waals surface area contributed by atoms with Gasteiger partial charge in [0.25, 0.3) is 11.5 Å². The SMILES string of the molecule is Cc1nc2ccn(Cc3cccs3)c(=O)c2cc1C(=O)N1CCN(C)CC1.